The summed E-state index contributed by atoms with van der Waals surface area (Å²) in [6, 6.07) is 5.49. The zero-order valence-electron chi connectivity index (χ0n) is 7.59. The molecule has 0 aliphatic carbocycles. The lowest BCUT2D eigenvalue weighted by molar-refractivity contribution is -0.116. The van der Waals surface area contributed by atoms with Gasteiger partial charge in [0.1, 0.15) is 0 Å². The minimum absolute atomic E-state index is 0.00946. The third-order valence-electron chi connectivity index (χ3n) is 2.45. The van der Waals surface area contributed by atoms with E-state index in [4.69, 9.17) is 17.3 Å². The molecule has 0 saturated carbocycles. The van der Waals surface area contributed by atoms with Crippen molar-refractivity contribution in [3.8, 4) is 0 Å². The molecule has 4 heteroatoms. The van der Waals surface area contributed by atoms with Gasteiger partial charge in [0.05, 0.1) is 0 Å². The first kappa shape index (κ1) is 9.49. The fourth-order valence-electron chi connectivity index (χ4n) is 1.79. The summed E-state index contributed by atoms with van der Waals surface area (Å²) in [5.74, 6) is 0.0580. The van der Waals surface area contributed by atoms with Crippen molar-refractivity contribution in [3.63, 3.8) is 0 Å². The van der Waals surface area contributed by atoms with Crippen LogP contribution in [0.4, 0.5) is 5.69 Å². The molecule has 0 radical (unpaired) electrons. The Bertz CT molecular complexity index is 378. The summed E-state index contributed by atoms with van der Waals surface area (Å²) in [5, 5.41) is 3.46. The highest BCUT2D eigenvalue weighted by atomic mass is 35.5. The molecule has 0 fully saturated rings. The molecule has 1 amide bonds. The molecule has 1 atom stereocenters. The van der Waals surface area contributed by atoms with Crippen molar-refractivity contribution in [3.05, 3.63) is 28.8 Å². The highest BCUT2D eigenvalue weighted by molar-refractivity contribution is 6.32. The molecule has 2 rings (SSSR count). The highest BCUT2D eigenvalue weighted by Gasteiger charge is 2.25. The number of benzene rings is 1. The summed E-state index contributed by atoms with van der Waals surface area (Å²) in [6.07, 6.45) is 0.424. The molecule has 3 nitrogen and oxygen atoms in total. The van der Waals surface area contributed by atoms with E-state index in [1.165, 1.54) is 0 Å². The number of anilines is 1. The molecule has 74 valence electrons. The molecule has 0 saturated heterocycles. The van der Waals surface area contributed by atoms with Crippen LogP contribution < -0.4 is 11.1 Å². The summed E-state index contributed by atoms with van der Waals surface area (Å²) in [5.41, 5.74) is 7.37. The average molecular weight is 211 g/mol. The van der Waals surface area contributed by atoms with Crippen molar-refractivity contribution in [1.82, 2.24) is 0 Å². The molecule has 1 aromatic carbocycles. The lowest BCUT2D eigenvalue weighted by Crippen LogP contribution is -2.27. The summed E-state index contributed by atoms with van der Waals surface area (Å²) >= 11 is 6.06. The van der Waals surface area contributed by atoms with Crippen LogP contribution in [0.2, 0.25) is 5.02 Å². The molecular weight excluding hydrogens is 200 g/mol. The van der Waals surface area contributed by atoms with E-state index >= 15 is 0 Å². The van der Waals surface area contributed by atoms with E-state index in [0.717, 1.165) is 11.3 Å². The fraction of sp³-hybridized carbons (Fsp3) is 0.300. The largest absolute Gasteiger partial charge is 0.330 e. The molecule has 0 spiro atoms. The average Bonchev–Trinajstić information content (AvgIpc) is 2.16. The number of hydrogen-bond acceptors (Lipinski definition) is 2. The lowest BCUT2D eigenvalue weighted by atomic mass is 9.91. The summed E-state index contributed by atoms with van der Waals surface area (Å²) < 4.78 is 0. The zero-order chi connectivity index (χ0) is 10.1. The second-order valence-electron chi connectivity index (χ2n) is 3.39. The van der Waals surface area contributed by atoms with E-state index in [1.807, 2.05) is 18.2 Å². The fourth-order valence-corrected chi connectivity index (χ4v) is 2.12. The highest BCUT2D eigenvalue weighted by Crippen LogP contribution is 2.36. The number of carbonyl (C=O) groups excluding carboxylic acids is 1. The molecule has 1 aliphatic heterocycles. The number of fused-ring (bicyclic) bond motifs is 1. The predicted octanol–water partition coefficient (Wildman–Crippen LogP) is 1.72. The van der Waals surface area contributed by atoms with Crippen molar-refractivity contribution >= 4 is 23.2 Å². The summed E-state index contributed by atoms with van der Waals surface area (Å²) in [4.78, 5) is 11.3. The Morgan fingerprint density at radius 2 is 2.36 bits per heavy atom. The van der Waals surface area contributed by atoms with Crippen molar-refractivity contribution < 1.29 is 4.79 Å². The SMILES string of the molecule is NCC1CC(=O)Nc2cccc(Cl)c21. The van der Waals surface area contributed by atoms with Crippen molar-refractivity contribution in [2.45, 2.75) is 12.3 Å². The van der Waals surface area contributed by atoms with Gasteiger partial charge >= 0.3 is 0 Å². The van der Waals surface area contributed by atoms with Crippen molar-refractivity contribution in [1.29, 1.82) is 0 Å². The first-order valence-electron chi connectivity index (χ1n) is 4.50. The van der Waals surface area contributed by atoms with Crippen LogP contribution in [0, 0.1) is 0 Å². The number of nitrogens with one attached hydrogen (secondary N) is 1. The molecule has 1 heterocycles. The van der Waals surface area contributed by atoms with Crippen LogP contribution in [0.15, 0.2) is 18.2 Å². The van der Waals surface area contributed by atoms with E-state index in [0.29, 0.717) is 18.0 Å². The summed E-state index contributed by atoms with van der Waals surface area (Å²) in [7, 11) is 0. The number of carbonyl (C=O) groups is 1. The van der Waals surface area contributed by atoms with Crippen molar-refractivity contribution in [2.75, 3.05) is 11.9 Å². The van der Waals surface area contributed by atoms with Crippen molar-refractivity contribution in [2.24, 2.45) is 5.73 Å². The zero-order valence-corrected chi connectivity index (χ0v) is 8.34. The molecule has 1 aliphatic rings. The van der Waals surface area contributed by atoms with E-state index < -0.39 is 0 Å². The van der Waals surface area contributed by atoms with Gasteiger partial charge < -0.3 is 11.1 Å². The van der Waals surface area contributed by atoms with E-state index in [-0.39, 0.29) is 11.8 Å². The Labute approximate surface area is 87.2 Å². The number of amides is 1. The van der Waals surface area contributed by atoms with Crippen LogP contribution in [0.3, 0.4) is 0 Å². The van der Waals surface area contributed by atoms with Gasteiger partial charge in [0.25, 0.3) is 0 Å². The molecule has 0 aromatic heterocycles. The molecule has 3 N–H and O–H groups in total. The number of rotatable bonds is 1. The van der Waals surface area contributed by atoms with Crippen LogP contribution in [-0.2, 0) is 4.79 Å². The van der Waals surface area contributed by atoms with Crippen LogP contribution in [0.5, 0.6) is 0 Å². The van der Waals surface area contributed by atoms with Gasteiger partial charge in [0.15, 0.2) is 0 Å². The van der Waals surface area contributed by atoms with Gasteiger partial charge in [-0.15, -0.1) is 0 Å². The van der Waals surface area contributed by atoms with Gasteiger partial charge in [-0.05, 0) is 24.2 Å². The molecule has 1 unspecified atom stereocenters. The Kier molecular flexibility index (Phi) is 2.44. The maximum absolute atomic E-state index is 11.3. The van der Waals surface area contributed by atoms with Gasteiger partial charge in [0.2, 0.25) is 5.91 Å². The Balaban J connectivity index is 2.51. The maximum Gasteiger partial charge on any atom is 0.225 e. The van der Waals surface area contributed by atoms with Crippen LogP contribution >= 0.6 is 11.6 Å². The summed E-state index contributed by atoms with van der Waals surface area (Å²) in [6.45, 7) is 0.449. The standard InChI is InChI=1S/C10H11ClN2O/c11-7-2-1-3-8-10(7)6(5-12)4-9(14)13-8/h1-3,6H,4-5,12H2,(H,13,14). The van der Waals surface area contributed by atoms with E-state index in [9.17, 15) is 4.79 Å². The molecule has 0 bridgehead atoms. The van der Waals surface area contributed by atoms with Gasteiger partial charge in [-0.1, -0.05) is 17.7 Å². The Morgan fingerprint density at radius 3 is 3.07 bits per heavy atom. The third-order valence-corrected chi connectivity index (χ3v) is 2.78. The molecule has 1 aromatic rings. The second kappa shape index (κ2) is 3.59. The van der Waals surface area contributed by atoms with Crippen LogP contribution in [0.1, 0.15) is 17.9 Å². The smallest absolute Gasteiger partial charge is 0.225 e. The van der Waals surface area contributed by atoms with Gasteiger partial charge in [-0.2, -0.15) is 0 Å². The molecular formula is C10H11ClN2O. The number of nitrogens with two attached hydrogens (primary N) is 1. The van der Waals surface area contributed by atoms with Gasteiger partial charge in [0, 0.05) is 23.0 Å². The van der Waals surface area contributed by atoms with E-state index in [1.54, 1.807) is 0 Å². The van der Waals surface area contributed by atoms with Crippen LogP contribution in [-0.4, -0.2) is 12.5 Å². The Morgan fingerprint density at radius 1 is 1.57 bits per heavy atom. The van der Waals surface area contributed by atoms with E-state index in [2.05, 4.69) is 5.32 Å². The maximum atomic E-state index is 11.3. The first-order chi connectivity index (χ1) is 6.72. The predicted molar refractivity (Wildman–Crippen MR) is 56.5 cm³/mol. The Hall–Kier alpha value is -1.06. The van der Waals surface area contributed by atoms with Crippen LogP contribution in [0.25, 0.3) is 0 Å². The quantitative estimate of drug-likeness (QED) is 0.742. The third kappa shape index (κ3) is 1.49. The number of hydrogen-bond donors (Lipinski definition) is 2. The minimum atomic E-state index is 0.00946. The molecule has 14 heavy (non-hydrogen) atoms. The normalized spacial score (nSPS) is 20.1. The van der Waals surface area contributed by atoms with Gasteiger partial charge in [-0.25, -0.2) is 0 Å². The minimum Gasteiger partial charge on any atom is -0.330 e. The topological polar surface area (TPSA) is 55.1 Å². The lowest BCUT2D eigenvalue weighted by Gasteiger charge is -2.25. The number of halogens is 1. The van der Waals surface area contributed by atoms with Gasteiger partial charge in [-0.3, -0.25) is 4.79 Å². The monoisotopic (exact) mass is 210 g/mol. The first-order valence-corrected chi connectivity index (χ1v) is 4.88. The second-order valence-corrected chi connectivity index (χ2v) is 3.79.